The number of rotatable bonds is 6. The number of piperidine rings is 2. The van der Waals surface area contributed by atoms with Gasteiger partial charge in [0.1, 0.15) is 0 Å². The Balaban J connectivity index is 1.46. The van der Waals surface area contributed by atoms with E-state index in [4.69, 9.17) is 4.98 Å². The van der Waals surface area contributed by atoms with Gasteiger partial charge in [0.25, 0.3) is 0 Å². The number of hydrazone groups is 1. The third kappa shape index (κ3) is 5.78. The van der Waals surface area contributed by atoms with Crippen LogP contribution in [0.15, 0.2) is 39.9 Å². The third-order valence-corrected chi connectivity index (χ3v) is 5.90. The summed E-state index contributed by atoms with van der Waals surface area (Å²) < 4.78 is 1.07. The quantitative estimate of drug-likeness (QED) is 0.487. The van der Waals surface area contributed by atoms with Gasteiger partial charge in [-0.25, -0.2) is 5.43 Å². The Hall–Kier alpha value is -2.48. The zero-order valence-corrected chi connectivity index (χ0v) is 18.8. The fraction of sp³-hybridized carbons (Fsp3) is 0.455. The summed E-state index contributed by atoms with van der Waals surface area (Å²) in [6, 6.07) is 8.13. The first-order chi connectivity index (χ1) is 14.8. The van der Waals surface area contributed by atoms with Gasteiger partial charge in [0, 0.05) is 36.9 Å². The van der Waals surface area contributed by atoms with Crippen molar-refractivity contribution in [1.29, 1.82) is 0 Å². The van der Waals surface area contributed by atoms with Crippen LogP contribution in [0, 0.1) is 0 Å². The van der Waals surface area contributed by atoms with Crippen molar-refractivity contribution in [2.24, 2.45) is 5.10 Å². The molecule has 4 rings (SSSR count). The maximum absolute atomic E-state index is 4.79. The molecule has 3 heterocycles. The number of benzene rings is 1. The summed E-state index contributed by atoms with van der Waals surface area (Å²) in [6.07, 6.45) is 12.9. The van der Waals surface area contributed by atoms with E-state index in [-0.39, 0.29) is 0 Å². The number of anilines is 3. The molecule has 2 aromatic rings. The van der Waals surface area contributed by atoms with E-state index in [1.165, 1.54) is 38.5 Å². The Kier molecular flexibility index (Phi) is 7.29. The molecular weight excluding hydrogens is 442 g/mol. The minimum absolute atomic E-state index is 0.499. The fourth-order valence-corrected chi connectivity index (χ4v) is 4.00. The predicted octanol–water partition coefficient (Wildman–Crippen LogP) is 4.73. The lowest BCUT2D eigenvalue weighted by molar-refractivity contribution is 0.556. The molecule has 0 bridgehead atoms. The molecule has 0 saturated carbocycles. The zero-order chi connectivity index (χ0) is 20.6. The summed E-state index contributed by atoms with van der Waals surface area (Å²) in [7, 11) is 0. The maximum atomic E-state index is 4.79. The Morgan fingerprint density at radius 1 is 0.800 bits per heavy atom. The molecule has 7 nitrogen and oxygen atoms in total. The molecule has 2 aliphatic heterocycles. The van der Waals surface area contributed by atoms with Crippen LogP contribution in [-0.4, -0.2) is 47.3 Å². The fourth-order valence-electron chi connectivity index (χ4n) is 3.74. The van der Waals surface area contributed by atoms with Crippen LogP contribution < -0.4 is 15.2 Å². The van der Waals surface area contributed by atoms with Gasteiger partial charge in [-0.2, -0.15) is 20.1 Å². The van der Waals surface area contributed by atoms with E-state index in [9.17, 15) is 0 Å². The molecule has 0 amide bonds. The number of aromatic nitrogens is 3. The maximum Gasteiger partial charge on any atom is 0.250 e. The van der Waals surface area contributed by atoms with E-state index < -0.39 is 0 Å². The smallest absolute Gasteiger partial charge is 0.250 e. The standard InChI is InChI=1S/C22H28BrN7/c23-19-11-9-18(10-12-19)8-7-13-24-28-20-25-21(29-14-3-1-4-15-29)27-22(26-20)30-16-5-2-6-17-30/h7-13H,1-6,14-17H2,(H,25,26,27,28)/b8-7+,24-13-. The average Bonchev–Trinajstić information content (AvgIpc) is 2.81. The van der Waals surface area contributed by atoms with Crippen molar-refractivity contribution in [2.75, 3.05) is 41.4 Å². The van der Waals surface area contributed by atoms with Gasteiger partial charge in [0.05, 0.1) is 0 Å². The molecule has 2 saturated heterocycles. The highest BCUT2D eigenvalue weighted by atomic mass is 79.9. The topological polar surface area (TPSA) is 69.5 Å². The summed E-state index contributed by atoms with van der Waals surface area (Å²) in [6.45, 7) is 4.01. The molecule has 8 heteroatoms. The summed E-state index contributed by atoms with van der Waals surface area (Å²) in [5.74, 6) is 2.01. The van der Waals surface area contributed by atoms with Crippen LogP contribution in [0.1, 0.15) is 44.1 Å². The Morgan fingerprint density at radius 3 is 1.93 bits per heavy atom. The Labute approximate surface area is 186 Å². The number of hydrogen-bond donors (Lipinski definition) is 1. The van der Waals surface area contributed by atoms with Gasteiger partial charge < -0.3 is 9.80 Å². The Bertz CT molecular complexity index is 833. The van der Waals surface area contributed by atoms with Crippen molar-refractivity contribution in [3.05, 3.63) is 40.4 Å². The molecule has 158 valence electrons. The Morgan fingerprint density at radius 2 is 1.37 bits per heavy atom. The molecule has 2 aliphatic rings. The second-order valence-corrected chi connectivity index (χ2v) is 8.57. The van der Waals surface area contributed by atoms with Crippen LogP contribution in [0.25, 0.3) is 6.08 Å². The van der Waals surface area contributed by atoms with E-state index >= 15 is 0 Å². The van der Waals surface area contributed by atoms with Crippen LogP contribution in [0.4, 0.5) is 17.8 Å². The van der Waals surface area contributed by atoms with Crippen LogP contribution in [0.5, 0.6) is 0 Å². The molecule has 1 aromatic heterocycles. The molecule has 2 fully saturated rings. The normalized spacial score (nSPS) is 17.8. The van der Waals surface area contributed by atoms with Crippen LogP contribution >= 0.6 is 15.9 Å². The van der Waals surface area contributed by atoms with Crippen LogP contribution in [0.2, 0.25) is 0 Å². The average molecular weight is 470 g/mol. The van der Waals surface area contributed by atoms with Crippen LogP contribution in [-0.2, 0) is 0 Å². The van der Waals surface area contributed by atoms with Crippen molar-refractivity contribution in [2.45, 2.75) is 38.5 Å². The number of allylic oxidation sites excluding steroid dienone is 1. The van der Waals surface area contributed by atoms with Crippen molar-refractivity contribution < 1.29 is 0 Å². The first-order valence-corrected chi connectivity index (χ1v) is 11.5. The number of hydrogen-bond acceptors (Lipinski definition) is 7. The molecule has 0 atom stereocenters. The van der Waals surface area contributed by atoms with Gasteiger partial charge in [-0.15, -0.1) is 0 Å². The monoisotopic (exact) mass is 469 g/mol. The number of nitrogens with zero attached hydrogens (tertiary/aromatic N) is 6. The van der Waals surface area contributed by atoms with Crippen molar-refractivity contribution in [1.82, 2.24) is 15.0 Å². The van der Waals surface area contributed by atoms with Crippen molar-refractivity contribution in [3.63, 3.8) is 0 Å². The molecule has 0 unspecified atom stereocenters. The zero-order valence-electron chi connectivity index (χ0n) is 17.2. The number of halogens is 1. The molecule has 0 aliphatic carbocycles. The first-order valence-electron chi connectivity index (χ1n) is 10.8. The van der Waals surface area contributed by atoms with Gasteiger partial charge in [0.2, 0.25) is 17.8 Å². The first kappa shape index (κ1) is 20.8. The van der Waals surface area contributed by atoms with Crippen LogP contribution in [0.3, 0.4) is 0 Å². The molecule has 0 radical (unpaired) electrons. The third-order valence-electron chi connectivity index (χ3n) is 5.37. The minimum Gasteiger partial charge on any atom is -0.341 e. The lowest BCUT2D eigenvalue weighted by atomic mass is 10.1. The largest absolute Gasteiger partial charge is 0.341 e. The van der Waals surface area contributed by atoms with Crippen molar-refractivity contribution >= 4 is 46.1 Å². The van der Waals surface area contributed by atoms with E-state index in [1.54, 1.807) is 6.21 Å². The van der Waals surface area contributed by atoms with E-state index in [0.29, 0.717) is 5.95 Å². The summed E-state index contributed by atoms with van der Waals surface area (Å²) in [4.78, 5) is 18.6. The molecule has 1 N–H and O–H groups in total. The van der Waals surface area contributed by atoms with E-state index in [0.717, 1.165) is 48.1 Å². The van der Waals surface area contributed by atoms with Crippen molar-refractivity contribution in [3.8, 4) is 0 Å². The van der Waals surface area contributed by atoms with Gasteiger partial charge in [-0.1, -0.05) is 34.1 Å². The summed E-state index contributed by atoms with van der Waals surface area (Å²) in [5.41, 5.74) is 4.11. The van der Waals surface area contributed by atoms with E-state index in [2.05, 4.69) is 46.2 Å². The predicted molar refractivity (Wildman–Crippen MR) is 127 cm³/mol. The second kappa shape index (κ2) is 10.5. The molecule has 1 aromatic carbocycles. The lowest BCUT2D eigenvalue weighted by Gasteiger charge is -2.30. The second-order valence-electron chi connectivity index (χ2n) is 7.66. The van der Waals surface area contributed by atoms with Gasteiger partial charge in [-0.3, -0.25) is 0 Å². The highest BCUT2D eigenvalue weighted by Gasteiger charge is 2.20. The molecule has 30 heavy (non-hydrogen) atoms. The van der Waals surface area contributed by atoms with E-state index in [1.807, 2.05) is 36.4 Å². The highest BCUT2D eigenvalue weighted by Crippen LogP contribution is 2.22. The summed E-state index contributed by atoms with van der Waals surface area (Å²) >= 11 is 3.45. The SMILES string of the molecule is Brc1ccc(/C=C/C=N\Nc2nc(N3CCCCC3)nc(N3CCCCC3)n2)cc1. The minimum atomic E-state index is 0.499. The van der Waals surface area contributed by atoms with Gasteiger partial charge in [-0.05, 0) is 62.3 Å². The summed E-state index contributed by atoms with van der Waals surface area (Å²) in [5, 5.41) is 4.29. The van der Waals surface area contributed by atoms with Gasteiger partial charge >= 0.3 is 0 Å². The molecule has 0 spiro atoms. The van der Waals surface area contributed by atoms with Gasteiger partial charge in [0.15, 0.2) is 0 Å². The lowest BCUT2D eigenvalue weighted by Crippen LogP contribution is -2.34. The number of nitrogens with one attached hydrogen (secondary N) is 1. The highest BCUT2D eigenvalue weighted by molar-refractivity contribution is 9.10. The molecular formula is C22H28BrN7.